The highest BCUT2D eigenvalue weighted by atomic mass is 35.5. The number of rotatable bonds is 4. The van der Waals surface area contributed by atoms with Gasteiger partial charge in [-0.3, -0.25) is 0 Å². The van der Waals surface area contributed by atoms with Gasteiger partial charge in [-0.2, -0.15) is 4.98 Å². The number of halogens is 2. The molecule has 116 valence electrons. The van der Waals surface area contributed by atoms with E-state index in [1.54, 1.807) is 12.1 Å². The summed E-state index contributed by atoms with van der Waals surface area (Å²) in [7, 11) is 0. The van der Waals surface area contributed by atoms with Crippen LogP contribution in [0.4, 0.5) is 23.1 Å². The Labute approximate surface area is 144 Å². The maximum atomic E-state index is 6.18. The third-order valence-electron chi connectivity index (χ3n) is 3.08. The highest BCUT2D eigenvalue weighted by Crippen LogP contribution is 2.28. The van der Waals surface area contributed by atoms with Crippen molar-refractivity contribution in [2.24, 2.45) is 0 Å². The summed E-state index contributed by atoms with van der Waals surface area (Å²) < 4.78 is 0. The number of aryl methyl sites for hydroxylation is 1. The number of nitrogens with zero attached hydrogens (tertiary/aromatic N) is 2. The molecule has 0 bridgehead atoms. The second-order valence-electron chi connectivity index (χ2n) is 4.96. The van der Waals surface area contributed by atoms with Crippen molar-refractivity contribution < 1.29 is 0 Å². The average molecular weight is 345 g/mol. The lowest BCUT2D eigenvalue weighted by molar-refractivity contribution is 1.11. The van der Waals surface area contributed by atoms with Gasteiger partial charge < -0.3 is 10.6 Å². The van der Waals surface area contributed by atoms with Gasteiger partial charge in [-0.25, -0.2) is 4.98 Å². The largest absolute Gasteiger partial charge is 0.339 e. The number of benzene rings is 2. The quantitative estimate of drug-likeness (QED) is 0.648. The van der Waals surface area contributed by atoms with Crippen molar-refractivity contribution in [1.29, 1.82) is 0 Å². The third-order valence-corrected chi connectivity index (χ3v) is 3.63. The fraction of sp³-hybridized carbons (Fsp3) is 0.0588. The minimum Gasteiger partial charge on any atom is -0.339 e. The molecule has 2 N–H and O–H groups in total. The van der Waals surface area contributed by atoms with E-state index in [9.17, 15) is 0 Å². The first-order chi connectivity index (χ1) is 11.1. The van der Waals surface area contributed by atoms with E-state index < -0.39 is 0 Å². The van der Waals surface area contributed by atoms with Gasteiger partial charge in [-0.15, -0.1) is 0 Å². The van der Waals surface area contributed by atoms with Gasteiger partial charge >= 0.3 is 0 Å². The van der Waals surface area contributed by atoms with Gasteiger partial charge in [-0.1, -0.05) is 41.4 Å². The summed E-state index contributed by atoms with van der Waals surface area (Å²) in [6, 6.07) is 16.9. The first-order valence-electron chi connectivity index (χ1n) is 7.00. The predicted molar refractivity (Wildman–Crippen MR) is 96.2 cm³/mol. The maximum Gasteiger partial charge on any atom is 0.229 e. The number of hydrogen-bond donors (Lipinski definition) is 2. The van der Waals surface area contributed by atoms with E-state index in [0.717, 1.165) is 17.1 Å². The Morgan fingerprint density at radius 3 is 2.39 bits per heavy atom. The van der Waals surface area contributed by atoms with Gasteiger partial charge in [0.15, 0.2) is 0 Å². The molecule has 0 saturated heterocycles. The highest BCUT2D eigenvalue weighted by molar-refractivity contribution is 6.36. The summed E-state index contributed by atoms with van der Waals surface area (Å²) in [5, 5.41) is 7.49. The van der Waals surface area contributed by atoms with E-state index in [1.807, 2.05) is 49.4 Å². The van der Waals surface area contributed by atoms with Crippen LogP contribution in [-0.2, 0) is 0 Å². The van der Waals surface area contributed by atoms with Crippen LogP contribution in [0.1, 0.15) is 5.69 Å². The smallest absolute Gasteiger partial charge is 0.229 e. The molecule has 0 aliphatic heterocycles. The molecular formula is C17H14Cl2N4. The van der Waals surface area contributed by atoms with E-state index in [2.05, 4.69) is 20.6 Å². The second-order valence-corrected chi connectivity index (χ2v) is 5.80. The minimum absolute atomic E-state index is 0.517. The van der Waals surface area contributed by atoms with Gasteiger partial charge in [0.25, 0.3) is 0 Å². The third kappa shape index (κ3) is 4.12. The minimum atomic E-state index is 0.517. The molecule has 0 saturated carbocycles. The summed E-state index contributed by atoms with van der Waals surface area (Å²) >= 11 is 12.1. The zero-order valence-corrected chi connectivity index (χ0v) is 13.9. The molecule has 0 unspecified atom stereocenters. The monoisotopic (exact) mass is 344 g/mol. The van der Waals surface area contributed by atoms with E-state index in [0.29, 0.717) is 21.8 Å². The summed E-state index contributed by atoms with van der Waals surface area (Å²) in [4.78, 5) is 8.85. The molecule has 1 aromatic heterocycles. The standard InChI is InChI=1S/C17H14Cl2N4/c1-11-9-16(22-15-8-7-12(18)10-14(15)19)23-17(20-11)21-13-5-3-2-4-6-13/h2-10H,1H3,(H2,20,21,22,23). The zero-order chi connectivity index (χ0) is 16.2. The van der Waals surface area contributed by atoms with Gasteiger partial charge in [0.2, 0.25) is 5.95 Å². The van der Waals surface area contributed by atoms with Crippen LogP contribution in [0.3, 0.4) is 0 Å². The molecule has 23 heavy (non-hydrogen) atoms. The first-order valence-corrected chi connectivity index (χ1v) is 7.75. The number of hydrogen-bond acceptors (Lipinski definition) is 4. The lowest BCUT2D eigenvalue weighted by Crippen LogP contribution is -2.02. The van der Waals surface area contributed by atoms with Crippen LogP contribution in [0.15, 0.2) is 54.6 Å². The van der Waals surface area contributed by atoms with E-state index in [1.165, 1.54) is 0 Å². The molecule has 2 aromatic carbocycles. The molecule has 1 heterocycles. The molecule has 4 nitrogen and oxygen atoms in total. The Bertz CT molecular complexity index is 822. The number of para-hydroxylation sites is 1. The van der Waals surface area contributed by atoms with Crippen molar-refractivity contribution in [1.82, 2.24) is 9.97 Å². The normalized spacial score (nSPS) is 10.4. The first kappa shape index (κ1) is 15.6. The van der Waals surface area contributed by atoms with Crippen molar-refractivity contribution in [3.05, 3.63) is 70.3 Å². The summed E-state index contributed by atoms with van der Waals surface area (Å²) in [6.07, 6.45) is 0. The fourth-order valence-electron chi connectivity index (χ4n) is 2.07. The molecule has 3 rings (SSSR count). The Kier molecular flexibility index (Phi) is 4.65. The molecule has 0 amide bonds. The summed E-state index contributed by atoms with van der Waals surface area (Å²) in [5.74, 6) is 1.17. The van der Waals surface area contributed by atoms with Gasteiger partial charge in [0.1, 0.15) is 5.82 Å². The predicted octanol–water partition coefficient (Wildman–Crippen LogP) is 5.58. The topological polar surface area (TPSA) is 49.8 Å². The van der Waals surface area contributed by atoms with Gasteiger partial charge in [-0.05, 0) is 37.3 Å². The van der Waals surface area contributed by atoms with Gasteiger partial charge in [0.05, 0.1) is 10.7 Å². The van der Waals surface area contributed by atoms with Crippen molar-refractivity contribution in [3.8, 4) is 0 Å². The van der Waals surface area contributed by atoms with Crippen LogP contribution in [0.5, 0.6) is 0 Å². The molecule has 0 aliphatic carbocycles. The molecule has 0 spiro atoms. The Morgan fingerprint density at radius 1 is 0.870 bits per heavy atom. The van der Waals surface area contributed by atoms with Crippen LogP contribution >= 0.6 is 23.2 Å². The SMILES string of the molecule is Cc1cc(Nc2ccc(Cl)cc2Cl)nc(Nc2ccccc2)n1. The zero-order valence-electron chi connectivity index (χ0n) is 12.3. The van der Waals surface area contributed by atoms with Crippen molar-refractivity contribution in [2.75, 3.05) is 10.6 Å². The van der Waals surface area contributed by atoms with Crippen molar-refractivity contribution in [2.45, 2.75) is 6.92 Å². The molecule has 6 heteroatoms. The van der Waals surface area contributed by atoms with Gasteiger partial charge in [0, 0.05) is 22.5 Å². The highest BCUT2D eigenvalue weighted by Gasteiger charge is 2.06. The van der Waals surface area contributed by atoms with Crippen LogP contribution in [-0.4, -0.2) is 9.97 Å². The van der Waals surface area contributed by atoms with Crippen LogP contribution < -0.4 is 10.6 Å². The molecule has 0 atom stereocenters. The van der Waals surface area contributed by atoms with Crippen molar-refractivity contribution in [3.63, 3.8) is 0 Å². The van der Waals surface area contributed by atoms with Crippen LogP contribution in [0.2, 0.25) is 10.0 Å². The molecular weight excluding hydrogens is 331 g/mol. The van der Waals surface area contributed by atoms with Crippen molar-refractivity contribution >= 4 is 46.3 Å². The van der Waals surface area contributed by atoms with E-state index in [-0.39, 0.29) is 0 Å². The Balaban J connectivity index is 1.85. The Morgan fingerprint density at radius 2 is 1.65 bits per heavy atom. The number of aromatic nitrogens is 2. The molecule has 0 radical (unpaired) electrons. The fourth-order valence-corrected chi connectivity index (χ4v) is 2.52. The summed E-state index contributed by atoms with van der Waals surface area (Å²) in [5.41, 5.74) is 2.50. The lowest BCUT2D eigenvalue weighted by atomic mass is 10.3. The average Bonchev–Trinajstić information content (AvgIpc) is 2.50. The lowest BCUT2D eigenvalue weighted by Gasteiger charge is -2.11. The Hall–Kier alpha value is -2.30. The molecule has 0 fully saturated rings. The molecule has 3 aromatic rings. The van der Waals surface area contributed by atoms with E-state index in [4.69, 9.17) is 23.2 Å². The molecule has 0 aliphatic rings. The number of nitrogens with one attached hydrogen (secondary N) is 2. The van der Waals surface area contributed by atoms with E-state index >= 15 is 0 Å². The maximum absolute atomic E-state index is 6.18. The number of anilines is 4. The van der Waals surface area contributed by atoms with Crippen LogP contribution in [0.25, 0.3) is 0 Å². The second kappa shape index (κ2) is 6.86. The van der Waals surface area contributed by atoms with Crippen LogP contribution in [0, 0.1) is 6.92 Å². The summed E-state index contributed by atoms with van der Waals surface area (Å²) in [6.45, 7) is 1.91.